The van der Waals surface area contributed by atoms with Crippen LogP contribution in [0.3, 0.4) is 0 Å². The lowest BCUT2D eigenvalue weighted by atomic mass is 10.0. The first kappa shape index (κ1) is 25.6. The molecular weight excluding hydrogens is 482 g/mol. The predicted molar refractivity (Wildman–Crippen MR) is 133 cm³/mol. The number of fused-ring (bicyclic) bond motifs is 1. The second-order valence-corrected chi connectivity index (χ2v) is 8.43. The van der Waals surface area contributed by atoms with Crippen LogP contribution in [-0.4, -0.2) is 44.6 Å². The molecule has 2 amide bonds. The number of amides is 2. The van der Waals surface area contributed by atoms with Gasteiger partial charge in [0.25, 0.3) is 11.8 Å². The van der Waals surface area contributed by atoms with E-state index in [1.54, 1.807) is 25.1 Å². The number of anilines is 1. The third-order valence-electron chi connectivity index (χ3n) is 5.69. The topological polar surface area (TPSA) is 124 Å². The summed E-state index contributed by atoms with van der Waals surface area (Å²) in [5.41, 5.74) is 1.10. The van der Waals surface area contributed by atoms with Crippen LogP contribution in [0, 0.1) is 11.6 Å². The summed E-state index contributed by atoms with van der Waals surface area (Å²) < 4.78 is 26.6. The Bertz CT molecular complexity index is 1440. The highest BCUT2D eigenvalue weighted by Gasteiger charge is 2.24. The standard InChI is InChI=1S/C27H24F2N4O4/c1-2-20(34)14-31-26(36)24-25(35)22-21(12-16(13-30-22)11-15-3-5-17(28)6-4-15)23(33-24)27(37)32-19-9-7-18(29)8-10-19/h3-10,12-13,20,34-35H,2,11,14H2,1H3,(H,31,36)(H,32,37). The van der Waals surface area contributed by atoms with E-state index in [1.807, 2.05) is 0 Å². The molecule has 10 heteroatoms. The number of carbonyl (C=O) groups excluding carboxylic acids is 2. The van der Waals surface area contributed by atoms with E-state index in [9.17, 15) is 28.6 Å². The Labute approximate surface area is 211 Å². The number of benzene rings is 2. The molecule has 8 nitrogen and oxygen atoms in total. The second-order valence-electron chi connectivity index (χ2n) is 8.43. The first-order valence-corrected chi connectivity index (χ1v) is 11.5. The Morgan fingerprint density at radius 2 is 1.59 bits per heavy atom. The van der Waals surface area contributed by atoms with Crippen molar-refractivity contribution >= 4 is 28.4 Å². The molecule has 0 aliphatic rings. The van der Waals surface area contributed by atoms with Crippen LogP contribution < -0.4 is 10.6 Å². The Balaban J connectivity index is 1.76. The van der Waals surface area contributed by atoms with Gasteiger partial charge in [-0.25, -0.2) is 13.8 Å². The zero-order valence-electron chi connectivity index (χ0n) is 19.8. The van der Waals surface area contributed by atoms with Crippen molar-refractivity contribution in [2.45, 2.75) is 25.9 Å². The summed E-state index contributed by atoms with van der Waals surface area (Å²) in [7, 11) is 0. The molecule has 0 aliphatic heterocycles. The molecule has 0 spiro atoms. The largest absolute Gasteiger partial charge is 0.504 e. The van der Waals surface area contributed by atoms with Crippen LogP contribution in [0.15, 0.2) is 60.8 Å². The lowest BCUT2D eigenvalue weighted by Gasteiger charge is -2.14. The SMILES string of the molecule is CCC(O)CNC(=O)c1nc(C(=O)Nc2ccc(F)cc2)c2cc(Cc3ccc(F)cc3)cnc2c1O. The molecular formula is C27H24F2N4O4. The number of rotatable bonds is 8. The number of aliphatic hydroxyl groups excluding tert-OH is 1. The van der Waals surface area contributed by atoms with E-state index >= 15 is 0 Å². The van der Waals surface area contributed by atoms with Gasteiger partial charge in [0, 0.05) is 23.8 Å². The number of aromatic hydroxyl groups is 1. The normalized spacial score (nSPS) is 11.8. The fourth-order valence-corrected chi connectivity index (χ4v) is 3.64. The van der Waals surface area contributed by atoms with Crippen LogP contribution in [0.25, 0.3) is 10.9 Å². The molecule has 0 bridgehead atoms. The number of nitrogens with zero attached hydrogens (tertiary/aromatic N) is 2. The summed E-state index contributed by atoms with van der Waals surface area (Å²) in [5, 5.41) is 25.9. The van der Waals surface area contributed by atoms with Crippen LogP contribution in [-0.2, 0) is 6.42 Å². The van der Waals surface area contributed by atoms with Gasteiger partial charge in [0.1, 0.15) is 22.8 Å². The van der Waals surface area contributed by atoms with Crippen LogP contribution in [0.2, 0.25) is 0 Å². The smallest absolute Gasteiger partial charge is 0.274 e. The van der Waals surface area contributed by atoms with E-state index < -0.39 is 35.2 Å². The zero-order valence-corrected chi connectivity index (χ0v) is 19.8. The van der Waals surface area contributed by atoms with Crippen LogP contribution in [0.5, 0.6) is 5.75 Å². The van der Waals surface area contributed by atoms with Gasteiger partial charge in [0.05, 0.1) is 6.10 Å². The van der Waals surface area contributed by atoms with Gasteiger partial charge in [-0.3, -0.25) is 14.6 Å². The quantitative estimate of drug-likeness (QED) is 0.287. The van der Waals surface area contributed by atoms with Crippen molar-refractivity contribution in [3.05, 3.63) is 94.9 Å². The third kappa shape index (κ3) is 6.04. The molecule has 37 heavy (non-hydrogen) atoms. The van der Waals surface area contributed by atoms with Gasteiger partial charge >= 0.3 is 0 Å². The number of hydrogen-bond acceptors (Lipinski definition) is 6. The number of hydrogen-bond donors (Lipinski definition) is 4. The van der Waals surface area contributed by atoms with Crippen molar-refractivity contribution in [1.82, 2.24) is 15.3 Å². The molecule has 2 heterocycles. The number of aromatic nitrogens is 2. The van der Waals surface area contributed by atoms with E-state index in [0.29, 0.717) is 24.1 Å². The van der Waals surface area contributed by atoms with Crippen molar-refractivity contribution in [3.63, 3.8) is 0 Å². The van der Waals surface area contributed by atoms with Gasteiger partial charge < -0.3 is 20.8 Å². The minimum Gasteiger partial charge on any atom is -0.504 e. The van der Waals surface area contributed by atoms with E-state index in [1.165, 1.54) is 42.6 Å². The Morgan fingerprint density at radius 1 is 0.946 bits per heavy atom. The van der Waals surface area contributed by atoms with Gasteiger partial charge in [-0.1, -0.05) is 19.1 Å². The molecule has 0 aliphatic carbocycles. The molecule has 1 atom stereocenters. The van der Waals surface area contributed by atoms with E-state index in [4.69, 9.17) is 0 Å². The first-order valence-electron chi connectivity index (χ1n) is 11.5. The number of halogens is 2. The van der Waals surface area contributed by atoms with Crippen LogP contribution >= 0.6 is 0 Å². The van der Waals surface area contributed by atoms with Crippen molar-refractivity contribution in [2.75, 3.05) is 11.9 Å². The predicted octanol–water partition coefficient (Wildman–Crippen LogP) is 3.96. The number of nitrogens with one attached hydrogen (secondary N) is 2. The van der Waals surface area contributed by atoms with Gasteiger partial charge in [-0.05, 0) is 66.4 Å². The lowest BCUT2D eigenvalue weighted by molar-refractivity contribution is 0.0906. The fraction of sp³-hybridized carbons (Fsp3) is 0.185. The number of carbonyl (C=O) groups is 2. The van der Waals surface area contributed by atoms with Crippen molar-refractivity contribution in [3.8, 4) is 5.75 Å². The molecule has 4 aromatic rings. The molecule has 2 aromatic heterocycles. The highest BCUT2D eigenvalue weighted by Crippen LogP contribution is 2.30. The van der Waals surface area contributed by atoms with E-state index in [0.717, 1.165) is 5.56 Å². The molecule has 190 valence electrons. The summed E-state index contributed by atoms with van der Waals surface area (Å²) in [4.78, 5) is 34.4. The zero-order chi connectivity index (χ0) is 26.5. The maximum atomic E-state index is 13.3. The average molecular weight is 507 g/mol. The molecule has 1 unspecified atom stereocenters. The summed E-state index contributed by atoms with van der Waals surface area (Å²) >= 11 is 0. The van der Waals surface area contributed by atoms with Crippen molar-refractivity contribution in [1.29, 1.82) is 0 Å². The molecule has 2 aromatic carbocycles. The summed E-state index contributed by atoms with van der Waals surface area (Å²) in [6.07, 6.45) is 1.46. The Kier molecular flexibility index (Phi) is 7.69. The molecule has 0 saturated carbocycles. The van der Waals surface area contributed by atoms with Crippen molar-refractivity contribution < 1.29 is 28.6 Å². The Morgan fingerprint density at radius 3 is 2.24 bits per heavy atom. The van der Waals surface area contributed by atoms with Gasteiger partial charge in [-0.2, -0.15) is 0 Å². The second kappa shape index (κ2) is 11.1. The molecule has 0 saturated heterocycles. The maximum Gasteiger partial charge on any atom is 0.274 e. The van der Waals surface area contributed by atoms with Gasteiger partial charge in [0.2, 0.25) is 0 Å². The molecule has 4 N–H and O–H groups in total. The van der Waals surface area contributed by atoms with Crippen LogP contribution in [0.4, 0.5) is 14.5 Å². The highest BCUT2D eigenvalue weighted by atomic mass is 19.1. The van der Waals surface area contributed by atoms with Crippen LogP contribution in [0.1, 0.15) is 45.4 Å². The Hall–Kier alpha value is -4.44. The third-order valence-corrected chi connectivity index (χ3v) is 5.69. The van der Waals surface area contributed by atoms with Crippen molar-refractivity contribution in [2.24, 2.45) is 0 Å². The van der Waals surface area contributed by atoms with Gasteiger partial charge in [-0.15, -0.1) is 0 Å². The summed E-state index contributed by atoms with van der Waals surface area (Å²) in [6, 6.07) is 12.6. The maximum absolute atomic E-state index is 13.3. The monoisotopic (exact) mass is 506 g/mol. The fourth-order valence-electron chi connectivity index (χ4n) is 3.64. The molecule has 0 fully saturated rings. The summed E-state index contributed by atoms with van der Waals surface area (Å²) in [5.74, 6) is -2.87. The number of pyridine rings is 2. The molecule has 4 rings (SSSR count). The minimum atomic E-state index is -0.792. The minimum absolute atomic E-state index is 0.0247. The number of aliphatic hydroxyl groups is 1. The van der Waals surface area contributed by atoms with Gasteiger partial charge in [0.15, 0.2) is 11.4 Å². The summed E-state index contributed by atoms with van der Waals surface area (Å²) in [6.45, 7) is 1.67. The first-order chi connectivity index (χ1) is 17.7. The van der Waals surface area contributed by atoms with E-state index in [2.05, 4.69) is 20.6 Å². The average Bonchev–Trinajstić information content (AvgIpc) is 2.89. The lowest BCUT2D eigenvalue weighted by Crippen LogP contribution is -2.32. The highest BCUT2D eigenvalue weighted by molar-refractivity contribution is 6.13. The molecule has 0 radical (unpaired) electrons. The van der Waals surface area contributed by atoms with E-state index in [-0.39, 0.29) is 29.0 Å².